The molecular formula is C22H34N4O4. The van der Waals surface area contributed by atoms with Crippen molar-refractivity contribution in [2.45, 2.75) is 19.3 Å². The van der Waals surface area contributed by atoms with E-state index in [4.69, 9.17) is 9.47 Å². The molecule has 0 bridgehead atoms. The van der Waals surface area contributed by atoms with Crippen molar-refractivity contribution in [3.05, 3.63) is 18.2 Å². The topological polar surface area (TPSA) is 74.4 Å². The largest absolute Gasteiger partial charge is 0.493 e. The van der Waals surface area contributed by atoms with Gasteiger partial charge in [-0.1, -0.05) is 0 Å². The van der Waals surface area contributed by atoms with Crippen molar-refractivity contribution in [3.63, 3.8) is 0 Å². The Bertz CT molecular complexity index is 734. The lowest BCUT2D eigenvalue weighted by Gasteiger charge is -2.32. The minimum atomic E-state index is -0.316. The van der Waals surface area contributed by atoms with Crippen LogP contribution in [0.1, 0.15) is 19.3 Å². The van der Waals surface area contributed by atoms with Gasteiger partial charge >= 0.3 is 0 Å². The van der Waals surface area contributed by atoms with Crippen molar-refractivity contribution in [2.24, 2.45) is 5.92 Å². The Balaban J connectivity index is 1.41. The third kappa shape index (κ3) is 5.64. The maximum atomic E-state index is 12.5. The molecule has 2 saturated heterocycles. The standard InChI is InChI=1S/C22H34N4O4/c1-24-10-12-25(13-11-24)9-5-4-8-23-22(28)17-14-21(27)26(16-17)18-6-7-19(29-2)20(15-18)30-3/h6-7,15,17H,4-5,8-14,16H2,1-3H3,(H,23,28). The van der Waals surface area contributed by atoms with E-state index in [-0.39, 0.29) is 24.2 Å². The second-order valence-corrected chi connectivity index (χ2v) is 8.09. The molecule has 2 aliphatic rings. The van der Waals surface area contributed by atoms with E-state index >= 15 is 0 Å². The molecule has 0 spiro atoms. The summed E-state index contributed by atoms with van der Waals surface area (Å²) in [5, 5.41) is 3.01. The van der Waals surface area contributed by atoms with Crippen LogP contribution in [0.5, 0.6) is 11.5 Å². The molecule has 8 nitrogen and oxygen atoms in total. The van der Waals surface area contributed by atoms with Gasteiger partial charge in [0.15, 0.2) is 11.5 Å². The zero-order valence-electron chi connectivity index (χ0n) is 18.4. The number of carbonyl (C=O) groups excluding carboxylic acids is 2. The average Bonchev–Trinajstić information content (AvgIpc) is 3.15. The van der Waals surface area contributed by atoms with Crippen LogP contribution >= 0.6 is 0 Å². The summed E-state index contributed by atoms with van der Waals surface area (Å²) in [5.74, 6) is 0.779. The van der Waals surface area contributed by atoms with Crippen molar-refractivity contribution in [3.8, 4) is 11.5 Å². The van der Waals surface area contributed by atoms with Crippen molar-refractivity contribution < 1.29 is 19.1 Å². The zero-order chi connectivity index (χ0) is 21.5. The fourth-order valence-corrected chi connectivity index (χ4v) is 4.01. The molecule has 0 aliphatic carbocycles. The summed E-state index contributed by atoms with van der Waals surface area (Å²) in [6, 6.07) is 5.36. The molecule has 8 heteroatoms. The van der Waals surface area contributed by atoms with E-state index < -0.39 is 0 Å². The number of rotatable bonds is 9. The minimum absolute atomic E-state index is 0.0362. The van der Waals surface area contributed by atoms with Gasteiger partial charge in [0.2, 0.25) is 11.8 Å². The van der Waals surface area contributed by atoms with Gasteiger partial charge < -0.3 is 29.5 Å². The fraction of sp³-hybridized carbons (Fsp3) is 0.636. The van der Waals surface area contributed by atoms with Gasteiger partial charge in [-0.3, -0.25) is 9.59 Å². The number of benzene rings is 1. The predicted molar refractivity (Wildman–Crippen MR) is 116 cm³/mol. The number of hydrogen-bond acceptors (Lipinski definition) is 6. The van der Waals surface area contributed by atoms with Crippen molar-refractivity contribution >= 4 is 17.5 Å². The molecule has 0 aromatic heterocycles. The Morgan fingerprint density at radius 3 is 2.53 bits per heavy atom. The van der Waals surface area contributed by atoms with Crippen LogP contribution in [-0.2, 0) is 9.59 Å². The van der Waals surface area contributed by atoms with Crippen molar-refractivity contribution in [2.75, 3.05) is 72.0 Å². The Kier molecular flexibility index (Phi) is 7.93. The number of ether oxygens (including phenoxy) is 2. The number of nitrogens with one attached hydrogen (secondary N) is 1. The summed E-state index contributed by atoms with van der Waals surface area (Å²) in [6.07, 6.45) is 2.27. The van der Waals surface area contributed by atoms with Gasteiger partial charge in [0.05, 0.1) is 20.1 Å². The van der Waals surface area contributed by atoms with Crippen molar-refractivity contribution in [1.29, 1.82) is 0 Å². The molecule has 0 radical (unpaired) electrons. The van der Waals surface area contributed by atoms with Gasteiger partial charge in [0.25, 0.3) is 0 Å². The number of amides is 2. The van der Waals surface area contributed by atoms with Crippen LogP contribution in [0.3, 0.4) is 0 Å². The number of anilines is 1. The second kappa shape index (κ2) is 10.6. The Hall–Kier alpha value is -2.32. The highest BCUT2D eigenvalue weighted by molar-refractivity contribution is 6.00. The Morgan fingerprint density at radius 2 is 1.83 bits per heavy atom. The summed E-state index contributed by atoms with van der Waals surface area (Å²) < 4.78 is 10.6. The number of methoxy groups -OCH3 is 2. The summed E-state index contributed by atoms with van der Waals surface area (Å²) >= 11 is 0. The number of unbranched alkanes of at least 4 members (excludes halogenated alkanes) is 1. The average molecular weight is 419 g/mol. The van der Waals surface area contributed by atoms with Crippen LogP contribution in [0.2, 0.25) is 0 Å². The zero-order valence-corrected chi connectivity index (χ0v) is 18.4. The molecule has 166 valence electrons. The van der Waals surface area contributed by atoms with Gasteiger partial charge in [0, 0.05) is 57.4 Å². The third-order valence-electron chi connectivity index (χ3n) is 5.97. The summed E-state index contributed by atoms with van der Waals surface area (Å²) in [5.41, 5.74) is 0.722. The first kappa shape index (κ1) is 22.4. The first-order valence-corrected chi connectivity index (χ1v) is 10.7. The van der Waals surface area contributed by atoms with Crippen molar-refractivity contribution in [1.82, 2.24) is 15.1 Å². The van der Waals surface area contributed by atoms with E-state index in [0.717, 1.165) is 51.3 Å². The van der Waals surface area contributed by atoms with Gasteiger partial charge in [-0.2, -0.15) is 0 Å². The van der Waals surface area contributed by atoms with E-state index in [1.54, 1.807) is 31.3 Å². The number of carbonyl (C=O) groups is 2. The van der Waals surface area contributed by atoms with Crippen LogP contribution in [0.4, 0.5) is 5.69 Å². The molecule has 2 aliphatic heterocycles. The molecule has 2 heterocycles. The SMILES string of the molecule is COc1ccc(N2CC(C(=O)NCCCCN3CCN(C)CC3)CC2=O)cc1OC. The van der Waals surface area contributed by atoms with Gasteiger partial charge in [-0.25, -0.2) is 0 Å². The number of likely N-dealkylation sites (N-methyl/N-ethyl adjacent to an activating group) is 1. The lowest BCUT2D eigenvalue weighted by Crippen LogP contribution is -2.44. The maximum absolute atomic E-state index is 12.5. The Labute approximate surface area is 179 Å². The molecule has 0 saturated carbocycles. The van der Waals surface area contributed by atoms with E-state index in [9.17, 15) is 9.59 Å². The molecule has 2 amide bonds. The highest BCUT2D eigenvalue weighted by atomic mass is 16.5. The minimum Gasteiger partial charge on any atom is -0.493 e. The van der Waals surface area contributed by atoms with Gasteiger partial charge in [0.1, 0.15) is 0 Å². The van der Waals surface area contributed by atoms with E-state index in [0.29, 0.717) is 24.6 Å². The molecule has 1 aromatic rings. The molecular weight excluding hydrogens is 384 g/mol. The van der Waals surface area contributed by atoms with Crippen LogP contribution in [0.25, 0.3) is 0 Å². The molecule has 1 atom stereocenters. The molecule has 30 heavy (non-hydrogen) atoms. The molecule has 1 aromatic carbocycles. The smallest absolute Gasteiger partial charge is 0.227 e. The predicted octanol–water partition coefficient (Wildman–Crippen LogP) is 1.20. The van der Waals surface area contributed by atoms with E-state index in [1.807, 2.05) is 6.07 Å². The van der Waals surface area contributed by atoms with E-state index in [1.165, 1.54) is 0 Å². The van der Waals surface area contributed by atoms with Crippen LogP contribution in [0, 0.1) is 5.92 Å². The van der Waals surface area contributed by atoms with Gasteiger partial charge in [-0.15, -0.1) is 0 Å². The number of piperazine rings is 1. The van der Waals surface area contributed by atoms with Crippen LogP contribution in [-0.4, -0.2) is 88.7 Å². The fourth-order valence-electron chi connectivity index (χ4n) is 4.01. The first-order chi connectivity index (χ1) is 14.5. The van der Waals surface area contributed by atoms with Crippen LogP contribution in [0.15, 0.2) is 18.2 Å². The summed E-state index contributed by atoms with van der Waals surface area (Å²) in [4.78, 5) is 31.5. The lowest BCUT2D eigenvalue weighted by molar-refractivity contribution is -0.126. The third-order valence-corrected chi connectivity index (χ3v) is 5.97. The normalized spacial score (nSPS) is 20.4. The van der Waals surface area contributed by atoms with Gasteiger partial charge in [-0.05, 0) is 38.6 Å². The lowest BCUT2D eigenvalue weighted by atomic mass is 10.1. The maximum Gasteiger partial charge on any atom is 0.227 e. The van der Waals surface area contributed by atoms with Crippen LogP contribution < -0.4 is 19.7 Å². The molecule has 2 fully saturated rings. The summed E-state index contributed by atoms with van der Waals surface area (Å²) in [6.45, 7) is 6.64. The molecule has 1 unspecified atom stereocenters. The number of nitrogens with zero attached hydrogens (tertiary/aromatic N) is 3. The highest BCUT2D eigenvalue weighted by Crippen LogP contribution is 2.34. The highest BCUT2D eigenvalue weighted by Gasteiger charge is 2.35. The second-order valence-electron chi connectivity index (χ2n) is 8.09. The first-order valence-electron chi connectivity index (χ1n) is 10.7. The molecule has 1 N–H and O–H groups in total. The Morgan fingerprint density at radius 1 is 1.10 bits per heavy atom. The van der Waals surface area contributed by atoms with E-state index in [2.05, 4.69) is 22.2 Å². The number of hydrogen-bond donors (Lipinski definition) is 1. The summed E-state index contributed by atoms with van der Waals surface area (Å²) in [7, 11) is 5.30. The molecule has 3 rings (SSSR count). The quantitative estimate of drug-likeness (QED) is 0.608. The monoisotopic (exact) mass is 418 g/mol.